The Kier molecular flexibility index (Phi) is 3.02. The standard InChI is InChI=1S/C18H16ClNO/c1-20-10-16(12-2-4-13(19)5-3-12)14-6-7-18-15(8-9-21-18)17(14)11-20/h2-9,16H,10-11H2,1H3. The topological polar surface area (TPSA) is 16.4 Å². The lowest BCUT2D eigenvalue weighted by molar-refractivity contribution is 0.296. The number of hydrogen-bond acceptors (Lipinski definition) is 2. The Morgan fingerprint density at radius 2 is 1.90 bits per heavy atom. The van der Waals surface area contributed by atoms with E-state index < -0.39 is 0 Å². The molecule has 21 heavy (non-hydrogen) atoms. The molecule has 0 amide bonds. The third kappa shape index (κ3) is 2.15. The van der Waals surface area contributed by atoms with Crippen molar-refractivity contribution < 1.29 is 4.42 Å². The molecule has 3 heteroatoms. The fraction of sp³-hybridized carbons (Fsp3) is 0.222. The summed E-state index contributed by atoms with van der Waals surface area (Å²) in [7, 11) is 2.17. The van der Waals surface area contributed by atoms with Crippen LogP contribution in [0.5, 0.6) is 0 Å². The minimum absolute atomic E-state index is 0.385. The van der Waals surface area contributed by atoms with E-state index in [4.69, 9.17) is 16.0 Å². The molecule has 2 heterocycles. The molecule has 2 aromatic carbocycles. The maximum absolute atomic E-state index is 6.02. The zero-order valence-electron chi connectivity index (χ0n) is 11.8. The van der Waals surface area contributed by atoms with E-state index in [0.717, 1.165) is 23.7 Å². The van der Waals surface area contributed by atoms with Crippen LogP contribution in [0.25, 0.3) is 11.0 Å². The second-order valence-corrected chi connectivity index (χ2v) is 6.20. The molecule has 1 aliphatic heterocycles. The highest BCUT2D eigenvalue weighted by Crippen LogP contribution is 2.37. The Hall–Kier alpha value is -1.77. The molecule has 4 rings (SSSR count). The summed E-state index contributed by atoms with van der Waals surface area (Å²) in [5.74, 6) is 0.385. The highest BCUT2D eigenvalue weighted by atomic mass is 35.5. The van der Waals surface area contributed by atoms with Gasteiger partial charge in [0.05, 0.1) is 6.26 Å². The van der Waals surface area contributed by atoms with E-state index in [1.807, 2.05) is 12.1 Å². The van der Waals surface area contributed by atoms with Gasteiger partial charge in [-0.1, -0.05) is 29.8 Å². The molecule has 1 unspecified atom stereocenters. The number of hydrogen-bond donors (Lipinski definition) is 0. The van der Waals surface area contributed by atoms with Crippen molar-refractivity contribution in [1.29, 1.82) is 0 Å². The van der Waals surface area contributed by atoms with Crippen molar-refractivity contribution in [2.75, 3.05) is 13.6 Å². The molecule has 1 aliphatic rings. The molecule has 1 atom stereocenters. The summed E-state index contributed by atoms with van der Waals surface area (Å²) in [5.41, 5.74) is 5.08. The maximum atomic E-state index is 6.02. The van der Waals surface area contributed by atoms with Crippen LogP contribution < -0.4 is 0 Å². The average Bonchev–Trinajstić information content (AvgIpc) is 2.96. The molecule has 0 aliphatic carbocycles. The summed E-state index contributed by atoms with van der Waals surface area (Å²) in [6.45, 7) is 1.99. The number of fused-ring (bicyclic) bond motifs is 3. The molecule has 0 spiro atoms. The minimum Gasteiger partial charge on any atom is -0.464 e. The molecule has 2 nitrogen and oxygen atoms in total. The van der Waals surface area contributed by atoms with Crippen molar-refractivity contribution in [2.45, 2.75) is 12.5 Å². The first-order valence-electron chi connectivity index (χ1n) is 7.15. The van der Waals surface area contributed by atoms with Gasteiger partial charge < -0.3 is 9.32 Å². The van der Waals surface area contributed by atoms with E-state index >= 15 is 0 Å². The van der Waals surface area contributed by atoms with E-state index in [1.165, 1.54) is 22.1 Å². The maximum Gasteiger partial charge on any atom is 0.134 e. The summed E-state index contributed by atoms with van der Waals surface area (Å²) < 4.78 is 5.54. The zero-order valence-corrected chi connectivity index (χ0v) is 12.6. The van der Waals surface area contributed by atoms with Crippen molar-refractivity contribution in [1.82, 2.24) is 4.90 Å². The predicted octanol–water partition coefficient (Wildman–Crippen LogP) is 4.66. The third-order valence-electron chi connectivity index (χ3n) is 4.35. The van der Waals surface area contributed by atoms with Crippen molar-refractivity contribution in [3.05, 3.63) is 70.4 Å². The lowest BCUT2D eigenvalue weighted by Crippen LogP contribution is -2.31. The van der Waals surface area contributed by atoms with E-state index in [9.17, 15) is 0 Å². The lowest BCUT2D eigenvalue weighted by atomic mass is 9.83. The molecule has 0 fully saturated rings. The van der Waals surface area contributed by atoms with Crippen LogP contribution in [-0.4, -0.2) is 18.5 Å². The fourth-order valence-electron chi connectivity index (χ4n) is 3.35. The molecular formula is C18H16ClNO. The molecule has 106 valence electrons. The second kappa shape index (κ2) is 4.90. The molecule has 0 N–H and O–H groups in total. The largest absolute Gasteiger partial charge is 0.464 e. The Bertz CT molecular complexity index is 791. The van der Waals surface area contributed by atoms with Crippen LogP contribution in [0.3, 0.4) is 0 Å². The van der Waals surface area contributed by atoms with Crippen LogP contribution in [0, 0.1) is 0 Å². The van der Waals surface area contributed by atoms with Crippen LogP contribution in [-0.2, 0) is 6.54 Å². The van der Waals surface area contributed by atoms with Gasteiger partial charge in [0.15, 0.2) is 0 Å². The van der Waals surface area contributed by atoms with Crippen molar-refractivity contribution in [2.24, 2.45) is 0 Å². The van der Waals surface area contributed by atoms with Crippen LogP contribution >= 0.6 is 11.6 Å². The number of likely N-dealkylation sites (N-methyl/N-ethyl adjacent to an activating group) is 1. The smallest absolute Gasteiger partial charge is 0.134 e. The lowest BCUT2D eigenvalue weighted by Gasteiger charge is -2.33. The van der Waals surface area contributed by atoms with Gasteiger partial charge in [-0.05, 0) is 48.0 Å². The second-order valence-electron chi connectivity index (χ2n) is 5.77. The SMILES string of the molecule is CN1Cc2c(ccc3occc23)C(c2ccc(Cl)cc2)C1. The monoisotopic (exact) mass is 297 g/mol. The summed E-state index contributed by atoms with van der Waals surface area (Å²) in [4.78, 5) is 2.37. The van der Waals surface area contributed by atoms with Gasteiger partial charge in [-0.3, -0.25) is 0 Å². The molecular weight excluding hydrogens is 282 g/mol. The van der Waals surface area contributed by atoms with E-state index in [-0.39, 0.29) is 0 Å². The van der Waals surface area contributed by atoms with Gasteiger partial charge in [0.2, 0.25) is 0 Å². The Labute approximate surface area is 128 Å². The van der Waals surface area contributed by atoms with Gasteiger partial charge in [-0.2, -0.15) is 0 Å². The Balaban J connectivity index is 1.89. The van der Waals surface area contributed by atoms with Gasteiger partial charge in [-0.15, -0.1) is 0 Å². The quantitative estimate of drug-likeness (QED) is 0.649. The van der Waals surface area contributed by atoms with E-state index in [1.54, 1.807) is 6.26 Å². The van der Waals surface area contributed by atoms with Crippen LogP contribution in [0.1, 0.15) is 22.6 Å². The third-order valence-corrected chi connectivity index (χ3v) is 4.61. The zero-order chi connectivity index (χ0) is 14.4. The van der Waals surface area contributed by atoms with Crippen LogP contribution in [0.2, 0.25) is 5.02 Å². The molecule has 0 saturated carbocycles. The number of nitrogens with zero attached hydrogens (tertiary/aromatic N) is 1. The molecule has 0 bridgehead atoms. The van der Waals surface area contributed by atoms with Crippen molar-refractivity contribution in [3.8, 4) is 0 Å². The molecule has 0 radical (unpaired) electrons. The van der Waals surface area contributed by atoms with Gasteiger partial charge in [0, 0.05) is 29.4 Å². The van der Waals surface area contributed by atoms with E-state index in [0.29, 0.717) is 5.92 Å². The number of benzene rings is 2. The van der Waals surface area contributed by atoms with Gasteiger partial charge in [0.25, 0.3) is 0 Å². The van der Waals surface area contributed by atoms with Crippen LogP contribution in [0.15, 0.2) is 53.1 Å². The number of rotatable bonds is 1. The van der Waals surface area contributed by atoms with E-state index in [2.05, 4.69) is 42.3 Å². The molecule has 0 saturated heterocycles. The first kappa shape index (κ1) is 12.9. The minimum atomic E-state index is 0.385. The van der Waals surface area contributed by atoms with Crippen LogP contribution in [0.4, 0.5) is 0 Å². The first-order valence-corrected chi connectivity index (χ1v) is 7.53. The van der Waals surface area contributed by atoms with Gasteiger partial charge in [-0.25, -0.2) is 0 Å². The Morgan fingerprint density at radius 3 is 2.71 bits per heavy atom. The van der Waals surface area contributed by atoms with Crippen molar-refractivity contribution in [3.63, 3.8) is 0 Å². The summed E-state index contributed by atoms with van der Waals surface area (Å²) in [5, 5.41) is 2.02. The highest BCUT2D eigenvalue weighted by Gasteiger charge is 2.26. The van der Waals surface area contributed by atoms with Crippen molar-refractivity contribution >= 4 is 22.6 Å². The molecule has 3 aromatic rings. The number of furan rings is 1. The number of halogens is 1. The normalized spacial score (nSPS) is 18.9. The summed E-state index contributed by atoms with van der Waals surface area (Å²) in [6.07, 6.45) is 1.77. The average molecular weight is 298 g/mol. The highest BCUT2D eigenvalue weighted by molar-refractivity contribution is 6.30. The first-order chi connectivity index (χ1) is 10.2. The van der Waals surface area contributed by atoms with Gasteiger partial charge in [0.1, 0.15) is 5.58 Å². The summed E-state index contributed by atoms with van der Waals surface area (Å²) >= 11 is 6.02. The fourth-order valence-corrected chi connectivity index (χ4v) is 3.47. The predicted molar refractivity (Wildman–Crippen MR) is 85.8 cm³/mol. The summed E-state index contributed by atoms with van der Waals surface area (Å²) in [6, 6.07) is 14.6. The molecule has 1 aromatic heterocycles. The Morgan fingerprint density at radius 1 is 1.10 bits per heavy atom. The van der Waals surface area contributed by atoms with Gasteiger partial charge >= 0.3 is 0 Å².